The first kappa shape index (κ1) is 6.16. The first-order valence-electron chi connectivity index (χ1n) is 2.12. The van der Waals surface area contributed by atoms with E-state index in [4.69, 9.17) is 11.8 Å². The van der Waals surface area contributed by atoms with E-state index in [-0.39, 0.29) is 6.03 Å². The number of urea groups is 1. The lowest BCUT2D eigenvalue weighted by molar-refractivity contribution is 0.227. The van der Waals surface area contributed by atoms with Gasteiger partial charge in [0.15, 0.2) is 0 Å². The van der Waals surface area contributed by atoms with Crippen LogP contribution in [0.3, 0.4) is 0 Å². The molecule has 2 amide bonds. The standard InChI is InChI=1S/C3H4BrClN2O/c4-6-1-2-7(5)3(6)8/h1-2H2. The average Bonchev–Trinajstić information content (AvgIpc) is 1.98. The number of hydrogen-bond donors (Lipinski definition) is 0. The van der Waals surface area contributed by atoms with Gasteiger partial charge in [-0.2, -0.15) is 0 Å². The third-order valence-electron chi connectivity index (χ3n) is 0.908. The van der Waals surface area contributed by atoms with Gasteiger partial charge in [0, 0.05) is 11.8 Å². The third kappa shape index (κ3) is 0.902. The minimum absolute atomic E-state index is 0.188. The van der Waals surface area contributed by atoms with Crippen LogP contribution in [-0.2, 0) is 0 Å². The molecule has 1 aliphatic rings. The number of nitrogens with zero attached hydrogens (tertiary/aromatic N) is 2. The van der Waals surface area contributed by atoms with Gasteiger partial charge in [0.1, 0.15) is 0 Å². The molecule has 0 spiro atoms. The zero-order chi connectivity index (χ0) is 6.15. The molecular formula is C3H4BrClN2O. The molecule has 1 aliphatic heterocycles. The van der Waals surface area contributed by atoms with Crippen molar-refractivity contribution < 1.29 is 4.79 Å². The van der Waals surface area contributed by atoms with E-state index in [0.29, 0.717) is 13.1 Å². The van der Waals surface area contributed by atoms with Crippen LogP contribution in [0.25, 0.3) is 0 Å². The van der Waals surface area contributed by atoms with Crippen LogP contribution in [0.5, 0.6) is 0 Å². The molecule has 0 aromatic heterocycles. The molecule has 0 saturated carbocycles. The second-order valence-corrected chi connectivity index (χ2v) is 2.72. The first-order valence-corrected chi connectivity index (χ1v) is 3.17. The van der Waals surface area contributed by atoms with E-state index in [1.54, 1.807) is 0 Å². The zero-order valence-corrected chi connectivity index (χ0v) is 6.31. The summed E-state index contributed by atoms with van der Waals surface area (Å²) >= 11 is 8.37. The van der Waals surface area contributed by atoms with Gasteiger partial charge in [0.2, 0.25) is 0 Å². The largest absolute Gasteiger partial charge is 0.344 e. The van der Waals surface area contributed by atoms with Gasteiger partial charge < -0.3 is 0 Å². The van der Waals surface area contributed by atoms with Crippen molar-refractivity contribution in [2.75, 3.05) is 13.1 Å². The van der Waals surface area contributed by atoms with E-state index in [2.05, 4.69) is 16.1 Å². The molecule has 0 aromatic rings. The highest BCUT2D eigenvalue weighted by Gasteiger charge is 2.24. The SMILES string of the molecule is O=C1N(Cl)CCN1Br. The molecule has 1 fully saturated rings. The predicted octanol–water partition coefficient (Wildman–Crippen LogP) is 1.19. The van der Waals surface area contributed by atoms with Gasteiger partial charge >= 0.3 is 6.03 Å². The number of halogens is 2. The molecular weight excluding hydrogens is 195 g/mol. The first-order chi connectivity index (χ1) is 3.72. The number of carbonyl (C=O) groups is 1. The van der Waals surface area contributed by atoms with Crippen LogP contribution >= 0.6 is 27.9 Å². The van der Waals surface area contributed by atoms with Crippen LogP contribution in [0.4, 0.5) is 4.79 Å². The molecule has 1 rings (SSSR count). The van der Waals surface area contributed by atoms with Crippen molar-refractivity contribution in [3.05, 3.63) is 0 Å². The van der Waals surface area contributed by atoms with Crippen LogP contribution in [0.15, 0.2) is 0 Å². The summed E-state index contributed by atoms with van der Waals surface area (Å²) in [4.78, 5) is 10.6. The molecule has 0 radical (unpaired) electrons. The van der Waals surface area contributed by atoms with Crippen molar-refractivity contribution in [1.29, 1.82) is 0 Å². The number of rotatable bonds is 0. The summed E-state index contributed by atoms with van der Waals surface area (Å²) in [5, 5.41) is 0. The fourth-order valence-electron chi connectivity index (χ4n) is 0.485. The summed E-state index contributed by atoms with van der Waals surface area (Å²) in [5.74, 6) is 0. The lowest BCUT2D eigenvalue weighted by atomic mass is 10.7. The van der Waals surface area contributed by atoms with E-state index in [1.165, 1.54) is 3.93 Å². The van der Waals surface area contributed by atoms with Crippen LogP contribution in [0.2, 0.25) is 0 Å². The van der Waals surface area contributed by atoms with E-state index < -0.39 is 0 Å². The topological polar surface area (TPSA) is 23.6 Å². The molecule has 0 unspecified atom stereocenters. The molecule has 0 aliphatic carbocycles. The molecule has 0 aromatic carbocycles. The fraction of sp³-hybridized carbons (Fsp3) is 0.667. The maximum atomic E-state index is 10.6. The minimum atomic E-state index is -0.188. The van der Waals surface area contributed by atoms with Gasteiger partial charge in [-0.05, 0) is 0 Å². The Bertz CT molecular complexity index is 108. The van der Waals surface area contributed by atoms with E-state index in [0.717, 1.165) is 4.42 Å². The molecule has 0 atom stereocenters. The summed E-state index contributed by atoms with van der Waals surface area (Å²) < 4.78 is 2.52. The van der Waals surface area contributed by atoms with E-state index in [1.807, 2.05) is 0 Å². The van der Waals surface area contributed by atoms with E-state index in [9.17, 15) is 4.79 Å². The number of hydrogen-bond acceptors (Lipinski definition) is 1. The Balaban J connectivity index is 2.57. The maximum absolute atomic E-state index is 10.6. The lowest BCUT2D eigenvalue weighted by Crippen LogP contribution is -2.17. The molecule has 5 heteroatoms. The van der Waals surface area contributed by atoms with Gasteiger partial charge in [-0.3, -0.25) is 3.93 Å². The second kappa shape index (κ2) is 2.11. The predicted molar refractivity (Wildman–Crippen MR) is 33.6 cm³/mol. The highest BCUT2D eigenvalue weighted by atomic mass is 79.9. The molecule has 0 bridgehead atoms. The van der Waals surface area contributed by atoms with Crippen LogP contribution in [-0.4, -0.2) is 27.5 Å². The van der Waals surface area contributed by atoms with Crippen LogP contribution < -0.4 is 0 Å². The summed E-state index contributed by atoms with van der Waals surface area (Å²) in [6.45, 7) is 1.24. The zero-order valence-electron chi connectivity index (χ0n) is 3.97. The van der Waals surface area contributed by atoms with Gasteiger partial charge in [0.25, 0.3) is 0 Å². The van der Waals surface area contributed by atoms with Crippen molar-refractivity contribution in [1.82, 2.24) is 8.34 Å². The van der Waals surface area contributed by atoms with Crippen molar-refractivity contribution in [2.45, 2.75) is 0 Å². The Labute approximate surface area is 60.6 Å². The Morgan fingerprint density at radius 1 is 1.62 bits per heavy atom. The number of amides is 2. The summed E-state index contributed by atoms with van der Waals surface area (Å²) in [6.07, 6.45) is 0. The monoisotopic (exact) mass is 198 g/mol. The minimum Gasteiger partial charge on any atom is -0.258 e. The van der Waals surface area contributed by atoms with Gasteiger partial charge in [0.05, 0.1) is 29.2 Å². The van der Waals surface area contributed by atoms with Crippen molar-refractivity contribution >= 4 is 34.0 Å². The lowest BCUT2D eigenvalue weighted by Gasteiger charge is -2.02. The Kier molecular flexibility index (Phi) is 1.62. The molecule has 1 heterocycles. The molecule has 3 nitrogen and oxygen atoms in total. The van der Waals surface area contributed by atoms with E-state index >= 15 is 0 Å². The summed E-state index contributed by atoms with van der Waals surface area (Å²) in [5.41, 5.74) is 0. The van der Waals surface area contributed by atoms with Crippen molar-refractivity contribution in [3.8, 4) is 0 Å². The van der Waals surface area contributed by atoms with Gasteiger partial charge in [-0.1, -0.05) is 0 Å². The summed E-state index contributed by atoms with van der Waals surface area (Å²) in [7, 11) is 0. The van der Waals surface area contributed by atoms with Crippen molar-refractivity contribution in [3.63, 3.8) is 0 Å². The maximum Gasteiger partial charge on any atom is 0.344 e. The highest BCUT2D eigenvalue weighted by molar-refractivity contribution is 9.07. The quantitative estimate of drug-likeness (QED) is 0.538. The molecule has 46 valence electrons. The highest BCUT2D eigenvalue weighted by Crippen LogP contribution is 2.13. The van der Waals surface area contributed by atoms with Crippen LogP contribution in [0, 0.1) is 0 Å². The smallest absolute Gasteiger partial charge is 0.258 e. The summed E-state index contributed by atoms with van der Waals surface area (Å²) in [6, 6.07) is -0.188. The third-order valence-corrected chi connectivity index (χ3v) is 1.88. The molecule has 1 saturated heterocycles. The average molecular weight is 199 g/mol. The Morgan fingerprint density at radius 3 is 2.38 bits per heavy atom. The Morgan fingerprint density at radius 2 is 2.25 bits per heavy atom. The second-order valence-electron chi connectivity index (χ2n) is 1.45. The van der Waals surface area contributed by atoms with Crippen molar-refractivity contribution in [2.24, 2.45) is 0 Å². The molecule has 8 heavy (non-hydrogen) atoms. The molecule has 0 N–H and O–H groups in total. The number of carbonyl (C=O) groups excluding carboxylic acids is 1. The Hall–Kier alpha value is 0.0400. The normalized spacial score (nSPS) is 20.5. The fourth-order valence-corrected chi connectivity index (χ4v) is 1.09. The van der Waals surface area contributed by atoms with Crippen LogP contribution in [0.1, 0.15) is 0 Å². The van der Waals surface area contributed by atoms with Gasteiger partial charge in [-0.25, -0.2) is 9.21 Å². The van der Waals surface area contributed by atoms with Gasteiger partial charge in [-0.15, -0.1) is 0 Å².